The Kier molecular flexibility index (Phi) is 7.04. The molecule has 0 bridgehead atoms. The average molecular weight is 463 g/mol. The molecule has 0 aromatic heterocycles. The van der Waals surface area contributed by atoms with Crippen LogP contribution in [0.1, 0.15) is 112 Å². The lowest BCUT2D eigenvalue weighted by Gasteiger charge is -2.65. The van der Waals surface area contributed by atoms with E-state index in [0.717, 1.165) is 37.0 Å². The highest BCUT2D eigenvalue weighted by Gasteiger charge is 2.67. The Hall–Kier alpha value is -0.610. The third-order valence-electron chi connectivity index (χ3n) is 11.3. The van der Waals surface area contributed by atoms with E-state index in [4.69, 9.17) is 4.74 Å². The Labute approximate surface area is 202 Å². The number of fused-ring (bicyclic) bond motifs is 5. The van der Waals surface area contributed by atoms with Gasteiger partial charge >= 0.3 is 5.97 Å². The Morgan fingerprint density at radius 2 is 1.76 bits per heavy atom. The summed E-state index contributed by atoms with van der Waals surface area (Å²) in [5.74, 6) is 3.69. The van der Waals surface area contributed by atoms with Gasteiger partial charge in [0, 0.05) is 18.8 Å². The number of rotatable bonds is 6. The van der Waals surface area contributed by atoms with Crippen molar-refractivity contribution in [1.29, 1.82) is 0 Å². The molecule has 0 aromatic rings. The van der Waals surface area contributed by atoms with E-state index in [2.05, 4.69) is 34.6 Å². The largest absolute Gasteiger partial charge is 0.462 e. The lowest BCUT2D eigenvalue weighted by atomic mass is 9.42. The van der Waals surface area contributed by atoms with Crippen molar-refractivity contribution < 1.29 is 19.7 Å². The van der Waals surface area contributed by atoms with E-state index in [1.54, 1.807) is 0 Å². The van der Waals surface area contributed by atoms with Crippen molar-refractivity contribution in [3.63, 3.8) is 0 Å². The molecule has 0 amide bonds. The van der Waals surface area contributed by atoms with Crippen LogP contribution in [0.2, 0.25) is 0 Å². The number of carbonyl (C=O) groups excluding carboxylic acids is 1. The molecule has 4 fully saturated rings. The molecular formula is C29H50O4. The molecule has 0 aliphatic heterocycles. The molecule has 0 saturated heterocycles. The lowest BCUT2D eigenvalue weighted by Crippen LogP contribution is -2.68. The molecule has 10 atom stereocenters. The van der Waals surface area contributed by atoms with Gasteiger partial charge in [-0.15, -0.1) is 0 Å². The summed E-state index contributed by atoms with van der Waals surface area (Å²) in [4.78, 5) is 11.5. The van der Waals surface area contributed by atoms with Crippen molar-refractivity contribution in [1.82, 2.24) is 0 Å². The van der Waals surface area contributed by atoms with E-state index in [1.165, 1.54) is 45.4 Å². The van der Waals surface area contributed by atoms with Crippen LogP contribution in [0.3, 0.4) is 0 Å². The Bertz CT molecular complexity index is 720. The monoisotopic (exact) mass is 462 g/mol. The Balaban J connectivity index is 1.51. The first-order valence-corrected chi connectivity index (χ1v) is 14.0. The standard InChI is InChI=1S/C29H50O4/c1-18(2)8-7-9-19(3)23-10-11-24-22-16-26(31)29(32)17-21(33-20(4)30)12-15-28(29,6)25(22)13-14-27(23,24)5/h18-19,21-26,31-32H,7-17H2,1-6H3/t19-,21-,22-,23+,24-,25-,26+,27+,28+,29-/m0/s1. The van der Waals surface area contributed by atoms with Gasteiger partial charge in [-0.1, -0.05) is 53.9 Å². The van der Waals surface area contributed by atoms with Gasteiger partial charge in [-0.2, -0.15) is 0 Å². The second-order valence-corrected chi connectivity index (χ2v) is 13.5. The van der Waals surface area contributed by atoms with Crippen molar-refractivity contribution in [3.05, 3.63) is 0 Å². The molecule has 4 nitrogen and oxygen atoms in total. The quantitative estimate of drug-likeness (QED) is 0.466. The van der Waals surface area contributed by atoms with Gasteiger partial charge in [-0.05, 0) is 85.9 Å². The second kappa shape index (κ2) is 9.12. The SMILES string of the molecule is CC(=O)O[C@H]1CC[C@]2(C)[C@H]3CC[C@]4(C)[C@@H]([C@@H](C)CCCC(C)C)CC[C@H]4[C@@H]3C[C@@H](O)[C@@]2(O)C1. The molecule has 0 heterocycles. The molecule has 4 aliphatic rings. The number of aliphatic hydroxyl groups excluding tert-OH is 1. The molecule has 33 heavy (non-hydrogen) atoms. The van der Waals surface area contributed by atoms with Crippen LogP contribution in [0.5, 0.6) is 0 Å². The molecule has 190 valence electrons. The Morgan fingerprint density at radius 1 is 1.03 bits per heavy atom. The van der Waals surface area contributed by atoms with Gasteiger partial charge in [0.15, 0.2) is 0 Å². The summed E-state index contributed by atoms with van der Waals surface area (Å²) in [5.41, 5.74) is -1.07. The summed E-state index contributed by atoms with van der Waals surface area (Å²) >= 11 is 0. The van der Waals surface area contributed by atoms with Gasteiger partial charge in [0.25, 0.3) is 0 Å². The lowest BCUT2D eigenvalue weighted by molar-refractivity contribution is -0.266. The van der Waals surface area contributed by atoms with Crippen LogP contribution in [0.4, 0.5) is 0 Å². The van der Waals surface area contributed by atoms with Crippen LogP contribution in [0.25, 0.3) is 0 Å². The summed E-state index contributed by atoms with van der Waals surface area (Å²) in [6.45, 7) is 13.4. The van der Waals surface area contributed by atoms with Gasteiger partial charge in [-0.3, -0.25) is 4.79 Å². The van der Waals surface area contributed by atoms with Crippen LogP contribution in [-0.4, -0.2) is 34.0 Å². The van der Waals surface area contributed by atoms with Gasteiger partial charge in [0.05, 0.1) is 11.7 Å². The van der Waals surface area contributed by atoms with E-state index in [-0.39, 0.29) is 17.5 Å². The summed E-state index contributed by atoms with van der Waals surface area (Å²) in [6, 6.07) is 0. The first-order chi connectivity index (χ1) is 15.4. The molecule has 4 saturated carbocycles. The zero-order chi connectivity index (χ0) is 24.2. The van der Waals surface area contributed by atoms with Gasteiger partial charge in [0.1, 0.15) is 6.10 Å². The maximum Gasteiger partial charge on any atom is 0.302 e. The number of esters is 1. The van der Waals surface area contributed by atoms with Crippen LogP contribution in [-0.2, 0) is 9.53 Å². The minimum absolute atomic E-state index is 0.275. The predicted octanol–water partition coefficient (Wildman–Crippen LogP) is 6.13. The molecule has 0 spiro atoms. The molecule has 0 aromatic carbocycles. The smallest absolute Gasteiger partial charge is 0.302 e. The first-order valence-electron chi connectivity index (χ1n) is 14.0. The zero-order valence-corrected chi connectivity index (χ0v) is 22.1. The third kappa shape index (κ3) is 4.20. The highest BCUT2D eigenvalue weighted by atomic mass is 16.5. The molecule has 4 heteroatoms. The minimum atomic E-state index is -1.15. The second-order valence-electron chi connectivity index (χ2n) is 13.5. The van der Waals surface area contributed by atoms with Crippen molar-refractivity contribution >= 4 is 5.97 Å². The van der Waals surface area contributed by atoms with E-state index >= 15 is 0 Å². The van der Waals surface area contributed by atoms with Crippen molar-refractivity contribution in [3.8, 4) is 0 Å². The Morgan fingerprint density at radius 3 is 2.42 bits per heavy atom. The fourth-order valence-corrected chi connectivity index (χ4v) is 9.60. The van der Waals surface area contributed by atoms with E-state index in [9.17, 15) is 15.0 Å². The molecule has 0 unspecified atom stereocenters. The summed E-state index contributed by atoms with van der Waals surface area (Å²) < 4.78 is 5.50. The third-order valence-corrected chi connectivity index (χ3v) is 11.3. The first kappa shape index (κ1) is 25.5. The molecule has 2 N–H and O–H groups in total. The van der Waals surface area contributed by atoms with E-state index in [1.807, 2.05) is 0 Å². The highest BCUT2D eigenvalue weighted by molar-refractivity contribution is 5.66. The maximum absolute atomic E-state index is 11.9. The fraction of sp³-hybridized carbons (Fsp3) is 0.966. The van der Waals surface area contributed by atoms with Crippen molar-refractivity contribution in [2.45, 2.75) is 130 Å². The van der Waals surface area contributed by atoms with Crippen LogP contribution in [0, 0.1) is 46.3 Å². The van der Waals surface area contributed by atoms with Gasteiger partial charge in [-0.25, -0.2) is 0 Å². The van der Waals surface area contributed by atoms with Gasteiger partial charge < -0.3 is 14.9 Å². The summed E-state index contributed by atoms with van der Waals surface area (Å²) in [7, 11) is 0. The molecule has 4 rings (SSSR count). The predicted molar refractivity (Wildman–Crippen MR) is 131 cm³/mol. The molecule has 4 aliphatic carbocycles. The number of carbonyl (C=O) groups is 1. The van der Waals surface area contributed by atoms with Crippen molar-refractivity contribution in [2.24, 2.45) is 46.3 Å². The number of aliphatic hydroxyl groups is 2. The number of ether oxygens (including phenoxy) is 1. The van der Waals surface area contributed by atoms with E-state index in [0.29, 0.717) is 36.0 Å². The number of hydrogen-bond donors (Lipinski definition) is 2. The molecular weight excluding hydrogens is 412 g/mol. The highest BCUT2D eigenvalue weighted by Crippen LogP contribution is 2.69. The summed E-state index contributed by atoms with van der Waals surface area (Å²) in [5, 5.41) is 23.3. The van der Waals surface area contributed by atoms with Gasteiger partial charge in [0.2, 0.25) is 0 Å². The topological polar surface area (TPSA) is 66.8 Å². The molecule has 0 radical (unpaired) electrons. The van der Waals surface area contributed by atoms with Crippen LogP contribution in [0.15, 0.2) is 0 Å². The average Bonchev–Trinajstić information content (AvgIpc) is 3.07. The number of hydrogen-bond acceptors (Lipinski definition) is 4. The minimum Gasteiger partial charge on any atom is -0.462 e. The van der Waals surface area contributed by atoms with E-state index < -0.39 is 11.7 Å². The summed E-state index contributed by atoms with van der Waals surface area (Å²) in [6.07, 6.45) is 10.8. The van der Waals surface area contributed by atoms with Crippen LogP contribution < -0.4 is 0 Å². The maximum atomic E-state index is 11.9. The zero-order valence-electron chi connectivity index (χ0n) is 22.1. The fourth-order valence-electron chi connectivity index (χ4n) is 9.60. The van der Waals surface area contributed by atoms with Crippen molar-refractivity contribution in [2.75, 3.05) is 0 Å². The normalized spacial score (nSPS) is 48.0. The van der Waals surface area contributed by atoms with Crippen LogP contribution >= 0.6 is 0 Å².